The lowest BCUT2D eigenvalue weighted by Gasteiger charge is -2.11. The molecule has 0 aliphatic carbocycles. The van der Waals surface area contributed by atoms with Crippen LogP contribution in [-0.2, 0) is 11.8 Å². The van der Waals surface area contributed by atoms with Crippen molar-refractivity contribution in [2.75, 3.05) is 6.61 Å². The number of carbonyl (C=O) groups is 1. The number of hydrogen-bond donors (Lipinski definition) is 1. The molecule has 0 saturated heterocycles. The predicted octanol–water partition coefficient (Wildman–Crippen LogP) is 3.92. The van der Waals surface area contributed by atoms with Crippen LogP contribution in [-0.4, -0.2) is 37.0 Å². The van der Waals surface area contributed by atoms with Crippen LogP contribution in [0.1, 0.15) is 16.3 Å². The maximum atomic E-state index is 13.1. The molecule has 0 saturated carbocycles. The van der Waals surface area contributed by atoms with E-state index in [-0.39, 0.29) is 22.7 Å². The number of aromatic nitrogens is 4. The first kappa shape index (κ1) is 22.6. The molecule has 0 unspecified atom stereocenters. The highest BCUT2D eigenvalue weighted by atomic mass is 16.5. The molecule has 0 aliphatic heterocycles. The van der Waals surface area contributed by atoms with E-state index in [9.17, 15) is 20.0 Å². The molecule has 0 spiro atoms. The summed E-state index contributed by atoms with van der Waals surface area (Å²) < 4.78 is 8.15. The monoisotopic (exact) mass is 477 g/mol. The molecule has 0 fully saturated rings. The maximum Gasteiger partial charge on any atom is 0.359 e. The molecule has 0 atom stereocenters. The quantitative estimate of drug-likeness (QED) is 0.231. The number of hydrogen-bond acceptors (Lipinski definition) is 7. The average molecular weight is 477 g/mol. The van der Waals surface area contributed by atoms with E-state index >= 15 is 0 Å². The highest BCUT2D eigenvalue weighted by Crippen LogP contribution is 2.22. The van der Waals surface area contributed by atoms with Gasteiger partial charge in [-0.25, -0.2) is 9.78 Å². The lowest BCUT2D eigenvalue weighted by atomic mass is 10.1. The van der Waals surface area contributed by atoms with Crippen LogP contribution < -0.4 is 5.56 Å². The van der Waals surface area contributed by atoms with E-state index < -0.39 is 18.3 Å². The number of ether oxygens (including phenoxy) is 1. The smallest absolute Gasteiger partial charge is 0.359 e. The Bertz CT molecular complexity index is 1760. The van der Waals surface area contributed by atoms with Gasteiger partial charge in [-0.2, -0.15) is 15.0 Å². The van der Waals surface area contributed by atoms with Crippen molar-refractivity contribution in [2.24, 2.45) is 7.05 Å². The fourth-order valence-corrected chi connectivity index (χ4v) is 3.97. The van der Waals surface area contributed by atoms with Gasteiger partial charge in [0.05, 0.1) is 22.1 Å². The van der Waals surface area contributed by atoms with E-state index in [1.165, 1.54) is 0 Å². The molecule has 0 amide bonds. The summed E-state index contributed by atoms with van der Waals surface area (Å²) in [6, 6.07) is 24.5. The summed E-state index contributed by atoms with van der Waals surface area (Å²) in [5.41, 5.74) is 1.33. The highest BCUT2D eigenvalue weighted by Gasteiger charge is 2.21. The van der Waals surface area contributed by atoms with Gasteiger partial charge in [-0.15, -0.1) is 0 Å². The number of nitrogens with zero attached hydrogens (tertiary/aromatic N) is 5. The van der Waals surface area contributed by atoms with Crippen LogP contribution >= 0.6 is 0 Å². The van der Waals surface area contributed by atoms with Gasteiger partial charge in [-0.3, -0.25) is 4.79 Å². The van der Waals surface area contributed by atoms with E-state index in [4.69, 9.17) is 4.74 Å². The van der Waals surface area contributed by atoms with Gasteiger partial charge >= 0.3 is 5.97 Å². The number of aliphatic hydroxyl groups excluding tert-OH is 1. The second-order valence-corrected chi connectivity index (χ2v) is 7.94. The maximum absolute atomic E-state index is 13.1. The molecule has 9 nitrogen and oxygen atoms in total. The molecular formula is C27H19N5O4. The van der Waals surface area contributed by atoms with Crippen molar-refractivity contribution in [1.82, 2.24) is 19.3 Å². The largest absolute Gasteiger partial charge is 0.507 e. The van der Waals surface area contributed by atoms with Crippen LogP contribution in [0.3, 0.4) is 0 Å². The fourth-order valence-electron chi connectivity index (χ4n) is 3.97. The van der Waals surface area contributed by atoms with Crippen LogP contribution in [0, 0.1) is 11.3 Å². The zero-order valence-electron chi connectivity index (χ0n) is 19.1. The third kappa shape index (κ3) is 3.86. The number of benzene rings is 3. The summed E-state index contributed by atoms with van der Waals surface area (Å²) in [6.07, 6.45) is 0. The topological polar surface area (TPSA) is 123 Å². The molecule has 9 heteroatoms. The summed E-state index contributed by atoms with van der Waals surface area (Å²) in [6.45, 7) is -0.578. The summed E-state index contributed by atoms with van der Waals surface area (Å²) in [4.78, 5) is 30.5. The van der Waals surface area contributed by atoms with E-state index in [0.29, 0.717) is 22.0 Å². The highest BCUT2D eigenvalue weighted by molar-refractivity contribution is 6.02. The lowest BCUT2D eigenvalue weighted by Crippen LogP contribution is -2.25. The molecule has 5 rings (SSSR count). The SMILES string of the molecule is Cn1c(/C(C#N)=C(/O)COC(=O)c2nn(-c3ccccc3)c(=O)c3ccccc23)nc2ccccc21. The third-order valence-electron chi connectivity index (χ3n) is 5.75. The Kier molecular flexibility index (Phi) is 5.76. The molecular weight excluding hydrogens is 458 g/mol. The predicted molar refractivity (Wildman–Crippen MR) is 133 cm³/mol. The fraction of sp³-hybridized carbons (Fsp3) is 0.0741. The normalized spacial score (nSPS) is 11.8. The molecule has 0 radical (unpaired) electrons. The van der Waals surface area contributed by atoms with E-state index in [0.717, 1.165) is 10.2 Å². The van der Waals surface area contributed by atoms with Gasteiger partial charge in [0.15, 0.2) is 17.3 Å². The van der Waals surface area contributed by atoms with Crippen LogP contribution in [0.4, 0.5) is 0 Å². The number of para-hydroxylation sites is 3. The number of aryl methyl sites for hydroxylation is 1. The average Bonchev–Trinajstić information content (AvgIpc) is 3.24. The van der Waals surface area contributed by atoms with Crippen LogP contribution in [0.2, 0.25) is 0 Å². The number of esters is 1. The van der Waals surface area contributed by atoms with E-state index in [1.54, 1.807) is 72.3 Å². The van der Waals surface area contributed by atoms with Crippen molar-refractivity contribution < 1.29 is 14.6 Å². The molecule has 0 bridgehead atoms. The van der Waals surface area contributed by atoms with Crippen molar-refractivity contribution in [1.29, 1.82) is 5.26 Å². The van der Waals surface area contributed by atoms with Crippen LogP contribution in [0.15, 0.2) is 89.4 Å². The van der Waals surface area contributed by atoms with Gasteiger partial charge in [-0.1, -0.05) is 48.5 Å². The summed E-state index contributed by atoms with van der Waals surface area (Å²) >= 11 is 0. The number of nitriles is 1. The first-order valence-corrected chi connectivity index (χ1v) is 11.0. The molecule has 1 N–H and O–H groups in total. The Balaban J connectivity index is 1.51. The minimum atomic E-state index is -0.857. The zero-order chi connectivity index (χ0) is 25.2. The molecule has 5 aromatic rings. The Morgan fingerprint density at radius 3 is 2.39 bits per heavy atom. The first-order valence-electron chi connectivity index (χ1n) is 11.0. The lowest BCUT2D eigenvalue weighted by molar-refractivity contribution is 0.0496. The third-order valence-corrected chi connectivity index (χ3v) is 5.75. The second-order valence-electron chi connectivity index (χ2n) is 7.94. The number of rotatable bonds is 5. The van der Waals surface area contributed by atoms with Gasteiger partial charge < -0.3 is 14.4 Å². The number of imidazole rings is 1. The number of aliphatic hydroxyl groups is 1. The Labute approximate surface area is 204 Å². The van der Waals surface area contributed by atoms with Gasteiger partial charge in [0, 0.05) is 12.4 Å². The standard InChI is InChI=1S/C27H19N5O4/c1-31-22-14-8-7-13-21(22)29-25(31)20(15-28)23(33)16-36-27(35)24-18-11-5-6-12-19(18)26(34)32(30-24)17-9-3-2-4-10-17/h2-14,33H,16H2,1H3/b23-20+. The Morgan fingerprint density at radius 2 is 1.67 bits per heavy atom. The molecule has 0 aliphatic rings. The van der Waals surface area contributed by atoms with Crippen molar-refractivity contribution in [3.63, 3.8) is 0 Å². The minimum Gasteiger partial charge on any atom is -0.507 e. The molecule has 36 heavy (non-hydrogen) atoms. The Morgan fingerprint density at radius 1 is 1.00 bits per heavy atom. The van der Waals surface area contributed by atoms with E-state index in [1.807, 2.05) is 24.3 Å². The second kappa shape index (κ2) is 9.19. The van der Waals surface area contributed by atoms with Crippen molar-refractivity contribution >= 4 is 33.3 Å². The zero-order valence-corrected chi connectivity index (χ0v) is 19.1. The van der Waals surface area contributed by atoms with Gasteiger partial charge in [0.2, 0.25) is 0 Å². The van der Waals surface area contributed by atoms with Gasteiger partial charge in [0.25, 0.3) is 5.56 Å². The molecule has 2 heterocycles. The van der Waals surface area contributed by atoms with Crippen molar-refractivity contribution in [3.8, 4) is 11.8 Å². The summed E-state index contributed by atoms with van der Waals surface area (Å²) in [5.74, 6) is -1.07. The van der Waals surface area contributed by atoms with Gasteiger partial charge in [-0.05, 0) is 30.3 Å². The number of carbonyl (C=O) groups excluding carboxylic acids is 1. The van der Waals surface area contributed by atoms with Gasteiger partial charge in [0.1, 0.15) is 18.2 Å². The number of fused-ring (bicyclic) bond motifs is 2. The van der Waals surface area contributed by atoms with Crippen molar-refractivity contribution in [2.45, 2.75) is 0 Å². The van der Waals surface area contributed by atoms with E-state index in [2.05, 4.69) is 10.1 Å². The van der Waals surface area contributed by atoms with Crippen LogP contribution in [0.5, 0.6) is 0 Å². The minimum absolute atomic E-state index is 0.0944. The summed E-state index contributed by atoms with van der Waals surface area (Å²) in [5, 5.41) is 25.2. The molecule has 176 valence electrons. The first-order chi connectivity index (χ1) is 17.5. The Hall–Kier alpha value is -5.23. The molecule has 2 aromatic heterocycles. The summed E-state index contributed by atoms with van der Waals surface area (Å²) in [7, 11) is 1.73. The van der Waals surface area contributed by atoms with Crippen LogP contribution in [0.25, 0.3) is 33.1 Å². The van der Waals surface area contributed by atoms with Crippen molar-refractivity contribution in [3.05, 3.63) is 106 Å². The number of allylic oxidation sites excluding steroid dienone is 1. The molecule has 3 aromatic carbocycles.